The number of ether oxygens (including phenoxy) is 1. The van der Waals surface area contributed by atoms with Crippen LogP contribution in [-0.4, -0.2) is 28.0 Å². The fourth-order valence-corrected chi connectivity index (χ4v) is 3.30. The number of rotatable bonds is 7. The molecule has 2 aromatic carbocycles. The summed E-state index contributed by atoms with van der Waals surface area (Å²) in [6.07, 6.45) is 0.353. The van der Waals surface area contributed by atoms with Gasteiger partial charge in [-0.1, -0.05) is 12.1 Å². The highest BCUT2D eigenvalue weighted by Gasteiger charge is 2.16. The van der Waals surface area contributed by atoms with Crippen LogP contribution in [0, 0.1) is 5.82 Å². The maximum Gasteiger partial charge on any atom is 0.240 e. The van der Waals surface area contributed by atoms with Gasteiger partial charge in [-0.2, -0.15) is 0 Å². The minimum absolute atomic E-state index is 0.00343. The summed E-state index contributed by atoms with van der Waals surface area (Å²) in [5.41, 5.74) is 0.958. The highest BCUT2D eigenvalue weighted by Crippen LogP contribution is 2.27. The zero-order chi connectivity index (χ0) is 18.4. The molecule has 0 heterocycles. The van der Waals surface area contributed by atoms with E-state index >= 15 is 0 Å². The number of methoxy groups -OCH3 is 1. The lowest BCUT2D eigenvalue weighted by Gasteiger charge is -2.12. The molecule has 0 spiro atoms. The first-order valence-electron chi connectivity index (χ1n) is 7.51. The molecule has 0 unspecified atom stereocenters. The number of sulfonamides is 1. The van der Waals surface area contributed by atoms with Crippen LogP contribution in [0.3, 0.4) is 0 Å². The molecule has 2 aromatic rings. The van der Waals surface area contributed by atoms with E-state index in [1.165, 1.54) is 44.4 Å². The van der Waals surface area contributed by atoms with Gasteiger partial charge in [-0.3, -0.25) is 4.79 Å². The van der Waals surface area contributed by atoms with Crippen molar-refractivity contribution < 1.29 is 22.3 Å². The van der Waals surface area contributed by atoms with Crippen LogP contribution in [0.4, 0.5) is 10.1 Å². The molecule has 0 atom stereocenters. The first-order valence-corrected chi connectivity index (χ1v) is 9.00. The van der Waals surface area contributed by atoms with E-state index in [0.717, 1.165) is 0 Å². The third kappa shape index (κ3) is 5.27. The van der Waals surface area contributed by atoms with E-state index in [0.29, 0.717) is 17.7 Å². The smallest absolute Gasteiger partial charge is 0.240 e. The van der Waals surface area contributed by atoms with Crippen LogP contribution >= 0.6 is 0 Å². The van der Waals surface area contributed by atoms with Crippen molar-refractivity contribution in [3.8, 4) is 5.75 Å². The highest BCUT2D eigenvalue weighted by atomic mass is 32.2. The Kier molecular flexibility index (Phi) is 6.11. The topological polar surface area (TPSA) is 84.5 Å². The number of carbonyl (C=O) groups excluding carboxylic acids is 1. The van der Waals surface area contributed by atoms with Crippen LogP contribution in [0.25, 0.3) is 0 Å². The van der Waals surface area contributed by atoms with Crippen molar-refractivity contribution in [3.63, 3.8) is 0 Å². The predicted octanol–water partition coefficient (Wildman–Crippen LogP) is 2.31. The minimum Gasteiger partial charge on any atom is -0.495 e. The summed E-state index contributed by atoms with van der Waals surface area (Å²) in [5.74, 6) is -0.351. The van der Waals surface area contributed by atoms with E-state index in [4.69, 9.17) is 4.74 Å². The Balaban J connectivity index is 2.11. The van der Waals surface area contributed by atoms with Crippen molar-refractivity contribution in [3.05, 3.63) is 53.8 Å². The van der Waals surface area contributed by atoms with E-state index in [2.05, 4.69) is 10.0 Å². The Morgan fingerprint density at radius 2 is 1.96 bits per heavy atom. The van der Waals surface area contributed by atoms with Crippen LogP contribution in [0.1, 0.15) is 12.5 Å². The van der Waals surface area contributed by atoms with E-state index in [1.807, 2.05) is 0 Å². The molecule has 0 bridgehead atoms. The lowest BCUT2D eigenvalue weighted by Crippen LogP contribution is -2.26. The molecule has 0 aliphatic carbocycles. The number of hydrogen-bond donors (Lipinski definition) is 2. The number of hydrogen-bond acceptors (Lipinski definition) is 4. The molecule has 8 heteroatoms. The van der Waals surface area contributed by atoms with Gasteiger partial charge < -0.3 is 10.1 Å². The van der Waals surface area contributed by atoms with Crippen LogP contribution < -0.4 is 14.8 Å². The van der Waals surface area contributed by atoms with E-state index in [1.54, 1.807) is 12.1 Å². The lowest BCUT2D eigenvalue weighted by atomic mass is 10.1. The Bertz CT molecular complexity index is 869. The van der Waals surface area contributed by atoms with Crippen molar-refractivity contribution in [1.82, 2.24) is 4.72 Å². The molecule has 134 valence electrons. The average molecular weight is 366 g/mol. The van der Waals surface area contributed by atoms with Crippen molar-refractivity contribution in [2.45, 2.75) is 18.2 Å². The van der Waals surface area contributed by atoms with Crippen LogP contribution in [0.15, 0.2) is 47.4 Å². The van der Waals surface area contributed by atoms with Gasteiger partial charge in [-0.15, -0.1) is 0 Å². The Morgan fingerprint density at radius 3 is 2.60 bits per heavy atom. The molecule has 0 saturated heterocycles. The Hall–Kier alpha value is -2.45. The average Bonchev–Trinajstić information content (AvgIpc) is 2.54. The number of amides is 1. The van der Waals surface area contributed by atoms with Gasteiger partial charge in [-0.05, 0) is 42.3 Å². The minimum atomic E-state index is -3.77. The van der Waals surface area contributed by atoms with Gasteiger partial charge in [-0.25, -0.2) is 17.5 Å². The molecule has 0 aliphatic rings. The van der Waals surface area contributed by atoms with Crippen LogP contribution in [0.5, 0.6) is 5.75 Å². The SMILES string of the molecule is COc1ccc(S(=O)(=O)NCCc2cccc(F)c2)cc1NC(C)=O. The number of benzene rings is 2. The molecule has 0 fully saturated rings. The monoisotopic (exact) mass is 366 g/mol. The molecule has 6 nitrogen and oxygen atoms in total. The Morgan fingerprint density at radius 1 is 1.20 bits per heavy atom. The van der Waals surface area contributed by atoms with Gasteiger partial charge in [0.2, 0.25) is 15.9 Å². The molecule has 0 saturated carbocycles. The van der Waals surface area contributed by atoms with Crippen molar-refractivity contribution >= 4 is 21.6 Å². The summed E-state index contributed by atoms with van der Waals surface area (Å²) in [4.78, 5) is 11.2. The normalized spacial score (nSPS) is 11.2. The third-order valence-corrected chi connectivity index (χ3v) is 4.85. The zero-order valence-corrected chi connectivity index (χ0v) is 14.7. The molecule has 25 heavy (non-hydrogen) atoms. The first-order chi connectivity index (χ1) is 11.8. The summed E-state index contributed by atoms with van der Waals surface area (Å²) in [6, 6.07) is 10.2. The first kappa shape index (κ1) is 18.9. The molecule has 2 N–H and O–H groups in total. The van der Waals surface area contributed by atoms with Gasteiger partial charge in [0.15, 0.2) is 0 Å². The summed E-state index contributed by atoms with van der Waals surface area (Å²) >= 11 is 0. The molecule has 0 aliphatic heterocycles. The largest absolute Gasteiger partial charge is 0.495 e. The van der Waals surface area contributed by atoms with Crippen molar-refractivity contribution in [2.75, 3.05) is 19.0 Å². The van der Waals surface area contributed by atoms with Crippen LogP contribution in [0.2, 0.25) is 0 Å². The number of nitrogens with one attached hydrogen (secondary N) is 2. The maximum absolute atomic E-state index is 13.1. The molecule has 2 rings (SSSR count). The standard InChI is InChI=1S/C17H19FN2O4S/c1-12(21)20-16-11-15(6-7-17(16)24-2)25(22,23)19-9-8-13-4-3-5-14(18)10-13/h3-7,10-11,19H,8-9H2,1-2H3,(H,20,21). The van der Waals surface area contributed by atoms with Crippen molar-refractivity contribution in [1.29, 1.82) is 0 Å². The number of carbonyl (C=O) groups is 1. The lowest BCUT2D eigenvalue weighted by molar-refractivity contribution is -0.114. The number of halogens is 1. The molecular formula is C17H19FN2O4S. The molecule has 0 aromatic heterocycles. The van der Waals surface area contributed by atoms with Gasteiger partial charge in [0.1, 0.15) is 11.6 Å². The van der Waals surface area contributed by atoms with Gasteiger partial charge >= 0.3 is 0 Å². The second-order valence-corrected chi connectivity index (χ2v) is 7.09. The van der Waals surface area contributed by atoms with Crippen molar-refractivity contribution in [2.24, 2.45) is 0 Å². The van der Waals surface area contributed by atoms with Gasteiger partial charge in [0.05, 0.1) is 17.7 Å². The number of anilines is 1. The third-order valence-electron chi connectivity index (χ3n) is 3.39. The van der Waals surface area contributed by atoms with Gasteiger partial charge in [0, 0.05) is 13.5 Å². The fraction of sp³-hybridized carbons (Fsp3) is 0.235. The summed E-state index contributed by atoms with van der Waals surface area (Å²) in [7, 11) is -2.35. The summed E-state index contributed by atoms with van der Waals surface area (Å²) in [6.45, 7) is 1.44. The zero-order valence-electron chi connectivity index (χ0n) is 13.9. The van der Waals surface area contributed by atoms with Crippen LogP contribution in [-0.2, 0) is 21.2 Å². The molecule has 0 radical (unpaired) electrons. The molecule has 1 amide bonds. The fourth-order valence-electron chi connectivity index (χ4n) is 2.25. The van der Waals surface area contributed by atoms with E-state index in [9.17, 15) is 17.6 Å². The van der Waals surface area contributed by atoms with E-state index in [-0.39, 0.29) is 28.9 Å². The van der Waals surface area contributed by atoms with E-state index < -0.39 is 10.0 Å². The summed E-state index contributed by atoms with van der Waals surface area (Å²) in [5, 5.41) is 2.53. The summed E-state index contributed by atoms with van der Waals surface area (Å²) < 4.78 is 45.5. The Labute approximate surface area is 146 Å². The highest BCUT2D eigenvalue weighted by molar-refractivity contribution is 7.89. The quantitative estimate of drug-likeness (QED) is 0.788. The second-order valence-electron chi connectivity index (χ2n) is 5.32. The molecular weight excluding hydrogens is 347 g/mol. The van der Waals surface area contributed by atoms with Gasteiger partial charge in [0.25, 0.3) is 0 Å². The predicted molar refractivity (Wildman–Crippen MR) is 92.6 cm³/mol. The second kappa shape index (κ2) is 8.09. The maximum atomic E-state index is 13.1.